The van der Waals surface area contributed by atoms with Crippen LogP contribution in [0.3, 0.4) is 0 Å². The van der Waals surface area contributed by atoms with Gasteiger partial charge in [0, 0.05) is 6.54 Å². The van der Waals surface area contributed by atoms with Gasteiger partial charge in [-0.2, -0.15) is 0 Å². The monoisotopic (exact) mass is 218 g/mol. The molecule has 4 nitrogen and oxygen atoms in total. The molecule has 2 aliphatic rings. The van der Waals surface area contributed by atoms with Crippen molar-refractivity contribution in [3.8, 4) is 0 Å². The number of anilines is 2. The minimum Gasteiger partial charge on any atom is -0.394 e. The van der Waals surface area contributed by atoms with Gasteiger partial charge in [0.2, 0.25) is 0 Å². The fraction of sp³-hybridized carbons (Fsp3) is 0.667. The minimum absolute atomic E-state index is 0.644. The summed E-state index contributed by atoms with van der Waals surface area (Å²) in [6.07, 6.45) is 8.91. The van der Waals surface area contributed by atoms with Crippen LogP contribution in [0.1, 0.15) is 25.7 Å². The second-order valence-electron chi connectivity index (χ2n) is 5.14. The van der Waals surface area contributed by atoms with Gasteiger partial charge in [-0.25, -0.2) is 9.97 Å². The molecule has 0 aromatic carbocycles. The van der Waals surface area contributed by atoms with Crippen molar-refractivity contribution in [2.24, 2.45) is 17.8 Å². The molecule has 1 heterocycles. The van der Waals surface area contributed by atoms with Crippen LogP contribution in [0.4, 0.5) is 11.5 Å². The van der Waals surface area contributed by atoms with Crippen molar-refractivity contribution in [3.05, 3.63) is 12.5 Å². The van der Waals surface area contributed by atoms with Gasteiger partial charge in [0.05, 0.1) is 11.9 Å². The summed E-state index contributed by atoms with van der Waals surface area (Å²) in [4.78, 5) is 8.04. The van der Waals surface area contributed by atoms with Gasteiger partial charge in [-0.05, 0) is 37.0 Å². The molecular weight excluding hydrogens is 200 g/mol. The van der Waals surface area contributed by atoms with E-state index >= 15 is 0 Å². The molecule has 0 amide bonds. The second-order valence-corrected chi connectivity index (χ2v) is 5.14. The zero-order chi connectivity index (χ0) is 11.0. The maximum Gasteiger partial charge on any atom is 0.152 e. The van der Waals surface area contributed by atoms with Crippen molar-refractivity contribution in [3.63, 3.8) is 0 Å². The Labute approximate surface area is 95.7 Å². The van der Waals surface area contributed by atoms with E-state index in [9.17, 15) is 0 Å². The zero-order valence-electron chi connectivity index (χ0n) is 9.39. The largest absolute Gasteiger partial charge is 0.394 e. The molecule has 4 heteroatoms. The number of hydrogen-bond donors (Lipinski definition) is 2. The fourth-order valence-electron chi connectivity index (χ4n) is 3.34. The maximum absolute atomic E-state index is 5.79. The number of hydrogen-bond acceptors (Lipinski definition) is 4. The molecule has 2 bridgehead atoms. The third-order valence-electron chi connectivity index (χ3n) is 4.16. The van der Waals surface area contributed by atoms with Crippen LogP contribution in [-0.2, 0) is 0 Å². The molecule has 2 fully saturated rings. The van der Waals surface area contributed by atoms with Crippen LogP contribution in [0.25, 0.3) is 0 Å². The molecule has 3 atom stereocenters. The number of nitrogens with one attached hydrogen (secondary N) is 1. The Balaban J connectivity index is 1.59. The van der Waals surface area contributed by atoms with Crippen LogP contribution in [0.15, 0.2) is 12.5 Å². The average molecular weight is 218 g/mol. The van der Waals surface area contributed by atoms with Crippen molar-refractivity contribution < 1.29 is 0 Å². The predicted molar refractivity (Wildman–Crippen MR) is 63.9 cm³/mol. The first-order valence-electron chi connectivity index (χ1n) is 6.12. The van der Waals surface area contributed by atoms with E-state index in [1.807, 2.05) is 0 Å². The molecule has 2 saturated carbocycles. The molecule has 3 rings (SSSR count). The van der Waals surface area contributed by atoms with Crippen LogP contribution in [0, 0.1) is 17.8 Å². The first kappa shape index (κ1) is 9.87. The number of rotatable bonds is 3. The Kier molecular flexibility index (Phi) is 2.42. The highest BCUT2D eigenvalue weighted by Crippen LogP contribution is 2.48. The predicted octanol–water partition coefficient (Wildman–Crippen LogP) is 1.91. The molecule has 2 aliphatic carbocycles. The van der Waals surface area contributed by atoms with E-state index in [1.165, 1.54) is 25.7 Å². The lowest BCUT2D eigenvalue weighted by atomic mass is 9.89. The summed E-state index contributed by atoms with van der Waals surface area (Å²) in [5, 5.41) is 3.36. The third kappa shape index (κ3) is 1.72. The number of fused-ring (bicyclic) bond motifs is 2. The number of nitrogen functional groups attached to an aromatic ring is 1. The first-order chi connectivity index (χ1) is 7.83. The highest BCUT2D eigenvalue weighted by atomic mass is 15.0. The SMILES string of the molecule is Nc1cncnc1NCC1CC2CCC1C2. The molecule has 0 aliphatic heterocycles. The second kappa shape index (κ2) is 3.92. The molecule has 3 N–H and O–H groups in total. The topological polar surface area (TPSA) is 63.8 Å². The van der Waals surface area contributed by atoms with E-state index in [2.05, 4.69) is 15.3 Å². The summed E-state index contributed by atoms with van der Waals surface area (Å²) in [7, 11) is 0. The van der Waals surface area contributed by atoms with E-state index in [1.54, 1.807) is 12.5 Å². The van der Waals surface area contributed by atoms with Gasteiger partial charge in [0.1, 0.15) is 6.33 Å². The molecule has 3 unspecified atom stereocenters. The van der Waals surface area contributed by atoms with Gasteiger partial charge in [-0.1, -0.05) is 6.42 Å². The highest BCUT2D eigenvalue weighted by molar-refractivity contribution is 5.58. The van der Waals surface area contributed by atoms with Crippen molar-refractivity contribution >= 4 is 11.5 Å². The van der Waals surface area contributed by atoms with Crippen molar-refractivity contribution in [1.29, 1.82) is 0 Å². The Bertz CT molecular complexity index is 379. The Morgan fingerprint density at radius 2 is 2.31 bits per heavy atom. The average Bonchev–Trinajstić information content (AvgIpc) is 2.90. The minimum atomic E-state index is 0.644. The zero-order valence-corrected chi connectivity index (χ0v) is 9.39. The van der Waals surface area contributed by atoms with Crippen LogP contribution in [0.5, 0.6) is 0 Å². The van der Waals surface area contributed by atoms with Gasteiger partial charge in [0.15, 0.2) is 5.82 Å². The maximum atomic E-state index is 5.79. The molecule has 0 spiro atoms. The van der Waals surface area contributed by atoms with Gasteiger partial charge in [-0.3, -0.25) is 0 Å². The van der Waals surface area contributed by atoms with Gasteiger partial charge >= 0.3 is 0 Å². The smallest absolute Gasteiger partial charge is 0.152 e. The molecule has 0 saturated heterocycles. The summed E-state index contributed by atoms with van der Waals surface area (Å²) in [6, 6.07) is 0. The highest BCUT2D eigenvalue weighted by Gasteiger charge is 2.39. The number of aromatic nitrogens is 2. The molecule has 0 radical (unpaired) electrons. The lowest BCUT2D eigenvalue weighted by molar-refractivity contribution is 0.348. The van der Waals surface area contributed by atoms with Crippen LogP contribution >= 0.6 is 0 Å². The summed E-state index contributed by atoms with van der Waals surface area (Å²) in [5.74, 6) is 3.56. The quantitative estimate of drug-likeness (QED) is 0.813. The molecule has 1 aromatic heterocycles. The molecule has 16 heavy (non-hydrogen) atoms. The summed E-state index contributed by atoms with van der Waals surface area (Å²) >= 11 is 0. The van der Waals surface area contributed by atoms with Crippen LogP contribution < -0.4 is 11.1 Å². The molecule has 86 valence electrons. The summed E-state index contributed by atoms with van der Waals surface area (Å²) < 4.78 is 0. The van der Waals surface area contributed by atoms with Gasteiger partial charge < -0.3 is 11.1 Å². The van der Waals surface area contributed by atoms with Crippen molar-refractivity contribution in [2.75, 3.05) is 17.6 Å². The lowest BCUT2D eigenvalue weighted by Crippen LogP contribution is -2.21. The number of nitrogens with zero attached hydrogens (tertiary/aromatic N) is 2. The van der Waals surface area contributed by atoms with E-state index < -0.39 is 0 Å². The Hall–Kier alpha value is -1.32. The normalized spacial score (nSPS) is 31.9. The van der Waals surface area contributed by atoms with E-state index in [0.717, 1.165) is 30.1 Å². The summed E-state index contributed by atoms with van der Waals surface area (Å²) in [6.45, 7) is 1.02. The molecule has 1 aromatic rings. The Morgan fingerprint density at radius 3 is 3.00 bits per heavy atom. The summed E-state index contributed by atoms with van der Waals surface area (Å²) in [5.41, 5.74) is 6.44. The van der Waals surface area contributed by atoms with Crippen molar-refractivity contribution in [1.82, 2.24) is 9.97 Å². The first-order valence-corrected chi connectivity index (χ1v) is 6.12. The van der Waals surface area contributed by atoms with E-state index in [-0.39, 0.29) is 0 Å². The third-order valence-corrected chi connectivity index (χ3v) is 4.16. The van der Waals surface area contributed by atoms with Crippen molar-refractivity contribution in [2.45, 2.75) is 25.7 Å². The molecular formula is C12H18N4. The van der Waals surface area contributed by atoms with Gasteiger partial charge in [-0.15, -0.1) is 0 Å². The van der Waals surface area contributed by atoms with E-state index in [4.69, 9.17) is 5.73 Å². The van der Waals surface area contributed by atoms with Gasteiger partial charge in [0.25, 0.3) is 0 Å². The fourth-order valence-corrected chi connectivity index (χ4v) is 3.34. The van der Waals surface area contributed by atoms with E-state index in [0.29, 0.717) is 5.69 Å². The number of nitrogens with two attached hydrogens (primary N) is 1. The standard InChI is InChI=1S/C12H18N4/c13-11-6-14-7-16-12(11)15-5-10-4-8-1-2-9(10)3-8/h6-10H,1-5,13H2,(H,14,15,16). The lowest BCUT2D eigenvalue weighted by Gasteiger charge is -2.22. The van der Waals surface area contributed by atoms with Crippen LogP contribution in [0.2, 0.25) is 0 Å². The van der Waals surface area contributed by atoms with Crippen LogP contribution in [-0.4, -0.2) is 16.5 Å². The Morgan fingerprint density at radius 1 is 1.38 bits per heavy atom.